The lowest BCUT2D eigenvalue weighted by atomic mass is 9.95. The Kier molecular flexibility index (Phi) is 5.99. The summed E-state index contributed by atoms with van der Waals surface area (Å²) < 4.78 is 12.9. The number of ether oxygens (including phenoxy) is 1. The summed E-state index contributed by atoms with van der Waals surface area (Å²) in [6.07, 6.45) is 3.64. The van der Waals surface area contributed by atoms with Gasteiger partial charge in [-0.05, 0) is 53.8 Å². The van der Waals surface area contributed by atoms with E-state index in [1.165, 1.54) is 11.1 Å². The second-order valence-corrected chi connectivity index (χ2v) is 9.06. The number of rotatable bonds is 7. The number of aromatic nitrogens is 3. The first-order valence-corrected chi connectivity index (χ1v) is 11.7. The molecule has 0 atom stereocenters. The average molecular weight is 469 g/mol. The predicted octanol–water partition coefficient (Wildman–Crippen LogP) is 5.85. The van der Waals surface area contributed by atoms with Crippen LogP contribution in [-0.2, 0) is 17.8 Å². The summed E-state index contributed by atoms with van der Waals surface area (Å²) in [4.78, 5) is 22.1. The summed E-state index contributed by atoms with van der Waals surface area (Å²) in [5, 5.41) is 4.00. The van der Waals surface area contributed by atoms with E-state index in [1.807, 2.05) is 47.0 Å². The number of methoxy groups -OCH3 is 1. The van der Waals surface area contributed by atoms with Crippen molar-refractivity contribution in [2.75, 3.05) is 12.4 Å². The Hall–Kier alpha value is -4.13. The van der Waals surface area contributed by atoms with Crippen molar-refractivity contribution < 1.29 is 13.9 Å². The number of hydrogen-bond acceptors (Lipinski definition) is 5. The lowest BCUT2D eigenvalue weighted by Gasteiger charge is -2.11. The molecule has 0 aliphatic carbocycles. The summed E-state index contributed by atoms with van der Waals surface area (Å²) in [5.74, 6) is 1.30. The Labute approximate surface area is 203 Å². The minimum atomic E-state index is -0.149. The number of nitrogens with one attached hydrogen (secondary N) is 1. The monoisotopic (exact) mass is 468 g/mol. The van der Waals surface area contributed by atoms with Gasteiger partial charge in [-0.15, -0.1) is 0 Å². The fourth-order valence-electron chi connectivity index (χ4n) is 4.48. The van der Waals surface area contributed by atoms with Crippen LogP contribution in [0.1, 0.15) is 42.0 Å². The van der Waals surface area contributed by atoms with Crippen LogP contribution in [0.15, 0.2) is 65.4 Å². The molecule has 0 fully saturated rings. The van der Waals surface area contributed by atoms with Gasteiger partial charge in [0.15, 0.2) is 0 Å². The van der Waals surface area contributed by atoms with Gasteiger partial charge < -0.3 is 13.7 Å². The van der Waals surface area contributed by atoms with Crippen LogP contribution in [-0.4, -0.2) is 27.6 Å². The second kappa shape index (κ2) is 9.25. The Morgan fingerprint density at radius 1 is 1.17 bits per heavy atom. The molecule has 0 spiro atoms. The Morgan fingerprint density at radius 3 is 2.74 bits per heavy atom. The number of hydrogen-bond donors (Lipinski definition) is 1. The number of anilines is 1. The van der Waals surface area contributed by atoms with E-state index < -0.39 is 0 Å². The maximum Gasteiger partial charge on any atom is 0.231 e. The molecule has 0 saturated carbocycles. The van der Waals surface area contributed by atoms with Gasteiger partial charge in [-0.1, -0.05) is 32.0 Å². The van der Waals surface area contributed by atoms with Crippen LogP contribution in [0.3, 0.4) is 0 Å². The zero-order valence-electron chi connectivity index (χ0n) is 20.3. The Bertz CT molecular complexity index is 1510. The van der Waals surface area contributed by atoms with Crippen LogP contribution < -0.4 is 10.1 Å². The van der Waals surface area contributed by atoms with Gasteiger partial charge in [0.2, 0.25) is 17.7 Å². The number of carbonyl (C=O) groups is 1. The zero-order chi connectivity index (χ0) is 24.5. The molecule has 0 saturated heterocycles. The zero-order valence-corrected chi connectivity index (χ0v) is 20.3. The lowest BCUT2D eigenvalue weighted by Crippen LogP contribution is -2.18. The average Bonchev–Trinajstić information content (AvgIpc) is 3.39. The molecule has 0 radical (unpaired) electrons. The number of amides is 1. The van der Waals surface area contributed by atoms with Crippen molar-refractivity contribution >= 4 is 33.9 Å². The SMILES string of the molecule is COc1ccc(Cn2c(NC(=O)Cc3coc4cc(C)c(C(C)C)cc34)nc3ccccc32)cn1. The van der Waals surface area contributed by atoms with Gasteiger partial charge in [-0.25, -0.2) is 9.97 Å². The molecular formula is C28H28N4O3. The summed E-state index contributed by atoms with van der Waals surface area (Å²) in [6.45, 7) is 6.94. The molecule has 2 aromatic carbocycles. The van der Waals surface area contributed by atoms with Gasteiger partial charge in [0, 0.05) is 23.2 Å². The first-order valence-electron chi connectivity index (χ1n) is 11.7. The topological polar surface area (TPSA) is 82.2 Å². The van der Waals surface area contributed by atoms with Gasteiger partial charge in [0.05, 0.1) is 37.4 Å². The standard InChI is InChI=1S/C28H28N4O3/c1-17(2)21-13-22-20(16-35-25(22)11-18(21)3)12-26(33)31-28-30-23-7-5-6-8-24(23)32(28)15-19-9-10-27(34-4)29-14-19/h5-11,13-14,16-17H,12,15H2,1-4H3,(H,30,31,33). The van der Waals surface area contributed by atoms with Gasteiger partial charge in [0.25, 0.3) is 0 Å². The molecule has 35 heavy (non-hydrogen) atoms. The highest BCUT2D eigenvalue weighted by Crippen LogP contribution is 2.29. The number of fused-ring (bicyclic) bond motifs is 2. The predicted molar refractivity (Wildman–Crippen MR) is 137 cm³/mol. The normalized spacial score (nSPS) is 11.5. The third kappa shape index (κ3) is 4.49. The molecule has 0 bridgehead atoms. The van der Waals surface area contributed by atoms with E-state index in [-0.39, 0.29) is 12.3 Å². The Balaban J connectivity index is 1.43. The van der Waals surface area contributed by atoms with E-state index in [0.29, 0.717) is 24.3 Å². The summed E-state index contributed by atoms with van der Waals surface area (Å²) in [6, 6.07) is 15.8. The molecule has 3 heterocycles. The van der Waals surface area contributed by atoms with Crippen LogP contribution in [0.2, 0.25) is 0 Å². The van der Waals surface area contributed by atoms with Crippen molar-refractivity contribution in [1.29, 1.82) is 0 Å². The van der Waals surface area contributed by atoms with Crippen molar-refractivity contribution in [3.8, 4) is 5.88 Å². The van der Waals surface area contributed by atoms with Gasteiger partial charge in [-0.3, -0.25) is 10.1 Å². The van der Waals surface area contributed by atoms with Crippen molar-refractivity contribution in [2.45, 2.75) is 39.7 Å². The van der Waals surface area contributed by atoms with Crippen LogP contribution in [0.5, 0.6) is 5.88 Å². The van der Waals surface area contributed by atoms with E-state index in [9.17, 15) is 4.79 Å². The van der Waals surface area contributed by atoms with E-state index in [1.54, 1.807) is 19.6 Å². The van der Waals surface area contributed by atoms with E-state index in [0.717, 1.165) is 33.1 Å². The van der Waals surface area contributed by atoms with Crippen LogP contribution in [0.4, 0.5) is 5.95 Å². The molecule has 5 aromatic rings. The second-order valence-electron chi connectivity index (χ2n) is 9.06. The third-order valence-electron chi connectivity index (χ3n) is 6.27. The number of benzene rings is 2. The number of para-hydroxylation sites is 2. The molecule has 5 rings (SSSR count). The minimum Gasteiger partial charge on any atom is -0.481 e. The quantitative estimate of drug-likeness (QED) is 0.324. The highest BCUT2D eigenvalue weighted by Gasteiger charge is 2.17. The van der Waals surface area contributed by atoms with Crippen molar-refractivity contribution in [3.63, 3.8) is 0 Å². The summed E-state index contributed by atoms with van der Waals surface area (Å²) >= 11 is 0. The van der Waals surface area contributed by atoms with Crippen LogP contribution in [0, 0.1) is 6.92 Å². The molecule has 0 aliphatic rings. The number of carbonyl (C=O) groups excluding carboxylic acids is 1. The van der Waals surface area contributed by atoms with E-state index in [4.69, 9.17) is 9.15 Å². The van der Waals surface area contributed by atoms with Gasteiger partial charge in [-0.2, -0.15) is 0 Å². The largest absolute Gasteiger partial charge is 0.481 e. The molecule has 1 N–H and O–H groups in total. The third-order valence-corrected chi connectivity index (χ3v) is 6.27. The van der Waals surface area contributed by atoms with Crippen molar-refractivity contribution in [2.24, 2.45) is 0 Å². The summed E-state index contributed by atoms with van der Waals surface area (Å²) in [5.41, 5.74) is 6.84. The highest BCUT2D eigenvalue weighted by atomic mass is 16.5. The maximum absolute atomic E-state index is 13.1. The highest BCUT2D eigenvalue weighted by molar-refractivity contribution is 5.96. The van der Waals surface area contributed by atoms with Gasteiger partial charge >= 0.3 is 0 Å². The molecule has 1 amide bonds. The van der Waals surface area contributed by atoms with Crippen LogP contribution >= 0.6 is 0 Å². The number of imidazole rings is 1. The first kappa shape index (κ1) is 22.7. The van der Waals surface area contributed by atoms with Crippen molar-refractivity contribution in [1.82, 2.24) is 14.5 Å². The number of pyridine rings is 1. The molecule has 178 valence electrons. The van der Waals surface area contributed by atoms with Gasteiger partial charge in [0.1, 0.15) is 5.58 Å². The summed E-state index contributed by atoms with van der Waals surface area (Å²) in [7, 11) is 1.59. The minimum absolute atomic E-state index is 0.149. The number of nitrogens with zero attached hydrogens (tertiary/aromatic N) is 3. The first-order chi connectivity index (χ1) is 16.9. The van der Waals surface area contributed by atoms with E-state index >= 15 is 0 Å². The van der Waals surface area contributed by atoms with Crippen molar-refractivity contribution in [3.05, 3.63) is 83.2 Å². The molecule has 0 aliphatic heterocycles. The molecule has 7 heteroatoms. The number of aryl methyl sites for hydroxylation is 1. The molecule has 3 aromatic heterocycles. The molecular weight excluding hydrogens is 440 g/mol. The maximum atomic E-state index is 13.1. The fourth-order valence-corrected chi connectivity index (χ4v) is 4.48. The lowest BCUT2D eigenvalue weighted by molar-refractivity contribution is -0.115. The fraction of sp³-hybridized carbons (Fsp3) is 0.250. The van der Waals surface area contributed by atoms with Crippen LogP contribution in [0.25, 0.3) is 22.0 Å². The molecule has 7 nitrogen and oxygen atoms in total. The Morgan fingerprint density at radius 2 is 2.00 bits per heavy atom. The number of furan rings is 1. The van der Waals surface area contributed by atoms with E-state index in [2.05, 4.69) is 42.1 Å². The smallest absolute Gasteiger partial charge is 0.231 e. The molecule has 0 unspecified atom stereocenters.